The van der Waals surface area contributed by atoms with Crippen LogP contribution in [0.2, 0.25) is 0 Å². The average molecular weight is 454 g/mol. The van der Waals surface area contributed by atoms with E-state index in [1.165, 1.54) is 15.3 Å². The van der Waals surface area contributed by atoms with Gasteiger partial charge in [0.15, 0.2) is 0 Å². The van der Waals surface area contributed by atoms with E-state index in [9.17, 15) is 23.2 Å². The summed E-state index contributed by atoms with van der Waals surface area (Å²) in [6.07, 6.45) is 2.69. The zero-order valence-corrected chi connectivity index (χ0v) is 18.7. The predicted molar refractivity (Wildman–Crippen MR) is 115 cm³/mol. The number of halogens is 2. The van der Waals surface area contributed by atoms with Gasteiger partial charge in [-0.15, -0.1) is 11.3 Å². The Morgan fingerprint density at radius 1 is 1.32 bits per heavy atom. The standard InChI is InChI=1S/C21H25F2N3O4S/c1-11-14(8-24-9-15(27)30-20(2,3)4)31-18-16(11)17(28)26(13-5-6-13)19(29)25(18)10-12-7-21(12,22)23/h8,12-13H,5-7,9-10H2,1-4H3. The lowest BCUT2D eigenvalue weighted by atomic mass is 10.2. The summed E-state index contributed by atoms with van der Waals surface area (Å²) in [4.78, 5) is 43.1. The van der Waals surface area contributed by atoms with Gasteiger partial charge in [-0.1, -0.05) is 0 Å². The van der Waals surface area contributed by atoms with Crippen molar-refractivity contribution >= 4 is 33.7 Å². The first-order valence-corrected chi connectivity index (χ1v) is 11.1. The van der Waals surface area contributed by atoms with Gasteiger partial charge in [0.05, 0.1) is 10.3 Å². The predicted octanol–water partition coefficient (Wildman–Crippen LogP) is 3.28. The minimum Gasteiger partial charge on any atom is -0.459 e. The largest absolute Gasteiger partial charge is 0.459 e. The third-order valence-electron chi connectivity index (χ3n) is 5.40. The first-order chi connectivity index (χ1) is 14.4. The molecule has 1 atom stereocenters. The summed E-state index contributed by atoms with van der Waals surface area (Å²) in [5, 5.41) is 0.360. The van der Waals surface area contributed by atoms with Gasteiger partial charge in [-0.05, 0) is 46.1 Å². The van der Waals surface area contributed by atoms with Gasteiger partial charge < -0.3 is 4.74 Å². The third kappa shape index (κ3) is 4.35. The Bertz CT molecular complexity index is 1200. The number of ether oxygens (including phenoxy) is 1. The summed E-state index contributed by atoms with van der Waals surface area (Å²) in [6, 6.07) is -0.168. The van der Waals surface area contributed by atoms with Gasteiger partial charge >= 0.3 is 11.7 Å². The Balaban J connectivity index is 1.72. The van der Waals surface area contributed by atoms with Gasteiger partial charge in [0.1, 0.15) is 17.0 Å². The Hall–Kier alpha value is -2.36. The quantitative estimate of drug-likeness (QED) is 0.497. The van der Waals surface area contributed by atoms with E-state index >= 15 is 0 Å². The third-order valence-corrected chi connectivity index (χ3v) is 6.65. The summed E-state index contributed by atoms with van der Waals surface area (Å²) in [5.41, 5.74) is -0.902. The highest BCUT2D eigenvalue weighted by Crippen LogP contribution is 2.49. The van der Waals surface area contributed by atoms with Crippen molar-refractivity contribution in [3.8, 4) is 0 Å². The molecule has 10 heteroatoms. The summed E-state index contributed by atoms with van der Waals surface area (Å²) in [6.45, 7) is 6.73. The molecule has 0 amide bonds. The number of hydrogen-bond acceptors (Lipinski definition) is 6. The van der Waals surface area contributed by atoms with Gasteiger partial charge in [-0.25, -0.2) is 13.6 Å². The maximum atomic E-state index is 13.6. The Labute approximate surface area is 181 Å². The van der Waals surface area contributed by atoms with Crippen LogP contribution in [-0.4, -0.2) is 39.4 Å². The molecule has 0 aromatic carbocycles. The van der Waals surface area contributed by atoms with Gasteiger partial charge in [-0.2, -0.15) is 0 Å². The van der Waals surface area contributed by atoms with Gasteiger partial charge in [0, 0.05) is 31.1 Å². The molecule has 0 N–H and O–H groups in total. The van der Waals surface area contributed by atoms with Crippen molar-refractivity contribution in [2.75, 3.05) is 6.54 Å². The highest BCUT2D eigenvalue weighted by Gasteiger charge is 2.57. The van der Waals surface area contributed by atoms with E-state index in [2.05, 4.69) is 4.99 Å². The van der Waals surface area contributed by atoms with Crippen LogP contribution in [0.1, 0.15) is 56.5 Å². The number of nitrogens with zero attached hydrogens (tertiary/aromatic N) is 3. The van der Waals surface area contributed by atoms with Crippen molar-refractivity contribution in [2.45, 2.75) is 71.1 Å². The number of rotatable bonds is 6. The lowest BCUT2D eigenvalue weighted by molar-refractivity contribution is -0.152. The van der Waals surface area contributed by atoms with Gasteiger partial charge in [-0.3, -0.25) is 23.7 Å². The normalized spacial score (nSPS) is 20.5. The fourth-order valence-electron chi connectivity index (χ4n) is 3.59. The summed E-state index contributed by atoms with van der Waals surface area (Å²) >= 11 is 1.16. The number of hydrogen-bond donors (Lipinski definition) is 0. The molecule has 0 spiro atoms. The van der Waals surface area contributed by atoms with E-state index in [0.29, 0.717) is 20.7 Å². The second-order valence-electron chi connectivity index (χ2n) is 9.29. The topological polar surface area (TPSA) is 82.7 Å². The SMILES string of the molecule is Cc1c(C=NCC(=O)OC(C)(C)C)sc2c1c(=O)n(C1CC1)c(=O)n2CC1CC1(F)F. The second-order valence-corrected chi connectivity index (χ2v) is 10.3. The van der Waals surface area contributed by atoms with E-state index in [-0.39, 0.29) is 31.1 Å². The molecular weight excluding hydrogens is 428 g/mol. The van der Waals surface area contributed by atoms with Crippen LogP contribution in [0.15, 0.2) is 14.6 Å². The minimum atomic E-state index is -2.77. The molecule has 0 saturated heterocycles. The highest BCUT2D eigenvalue weighted by atomic mass is 32.1. The lowest BCUT2D eigenvalue weighted by Crippen LogP contribution is -2.39. The number of aryl methyl sites for hydroxylation is 1. The van der Waals surface area contributed by atoms with Crippen LogP contribution in [0, 0.1) is 12.8 Å². The van der Waals surface area contributed by atoms with E-state index in [1.54, 1.807) is 27.7 Å². The Morgan fingerprint density at radius 3 is 2.52 bits per heavy atom. The molecule has 2 aliphatic rings. The molecule has 4 rings (SSSR count). The molecule has 1 unspecified atom stereocenters. The zero-order valence-electron chi connectivity index (χ0n) is 17.9. The molecule has 7 nitrogen and oxygen atoms in total. The van der Waals surface area contributed by atoms with E-state index in [0.717, 1.165) is 24.2 Å². The van der Waals surface area contributed by atoms with Crippen molar-refractivity contribution in [3.63, 3.8) is 0 Å². The van der Waals surface area contributed by atoms with E-state index in [4.69, 9.17) is 4.74 Å². The number of fused-ring (bicyclic) bond motifs is 1. The zero-order chi connectivity index (χ0) is 22.7. The number of thiophene rings is 1. The number of aromatic nitrogens is 2. The van der Waals surface area contributed by atoms with Crippen LogP contribution in [0.3, 0.4) is 0 Å². The van der Waals surface area contributed by atoms with Crippen LogP contribution >= 0.6 is 11.3 Å². The number of carbonyl (C=O) groups excluding carboxylic acids is 1. The Morgan fingerprint density at radius 2 is 1.97 bits per heavy atom. The van der Waals surface area contributed by atoms with E-state index in [1.807, 2.05) is 0 Å². The molecule has 2 saturated carbocycles. The monoisotopic (exact) mass is 453 g/mol. The molecule has 168 valence electrons. The molecule has 2 fully saturated rings. The summed E-state index contributed by atoms with van der Waals surface area (Å²) in [7, 11) is 0. The average Bonchev–Trinajstić information content (AvgIpc) is 3.52. The molecule has 31 heavy (non-hydrogen) atoms. The van der Waals surface area contributed by atoms with Crippen molar-refractivity contribution in [2.24, 2.45) is 10.9 Å². The van der Waals surface area contributed by atoms with Crippen LogP contribution in [0.25, 0.3) is 10.2 Å². The summed E-state index contributed by atoms with van der Waals surface area (Å²) in [5.74, 6) is -4.15. The van der Waals surface area contributed by atoms with Crippen LogP contribution in [-0.2, 0) is 16.1 Å². The fraction of sp³-hybridized carbons (Fsp3) is 0.619. The number of carbonyl (C=O) groups is 1. The summed E-state index contributed by atoms with van der Waals surface area (Å²) < 4.78 is 34.9. The first kappa shape index (κ1) is 21.9. The maximum Gasteiger partial charge on any atom is 0.332 e. The second kappa shape index (κ2) is 7.36. The van der Waals surface area contributed by atoms with Crippen LogP contribution in [0.5, 0.6) is 0 Å². The molecule has 2 aliphatic carbocycles. The van der Waals surface area contributed by atoms with E-state index < -0.39 is 29.1 Å². The van der Waals surface area contributed by atoms with Crippen LogP contribution < -0.4 is 11.2 Å². The maximum absolute atomic E-state index is 13.6. The van der Waals surface area contributed by atoms with Crippen LogP contribution in [0.4, 0.5) is 8.78 Å². The smallest absolute Gasteiger partial charge is 0.332 e. The minimum absolute atomic E-state index is 0.121. The molecule has 2 aromatic rings. The van der Waals surface area contributed by atoms with Crippen molar-refractivity contribution in [1.82, 2.24) is 9.13 Å². The highest BCUT2D eigenvalue weighted by molar-refractivity contribution is 7.20. The lowest BCUT2D eigenvalue weighted by Gasteiger charge is -2.18. The van der Waals surface area contributed by atoms with Gasteiger partial charge in [0.2, 0.25) is 0 Å². The fourth-order valence-corrected chi connectivity index (χ4v) is 4.78. The molecule has 0 radical (unpaired) electrons. The van der Waals surface area contributed by atoms with Gasteiger partial charge in [0.25, 0.3) is 11.5 Å². The molecule has 2 aromatic heterocycles. The van der Waals surface area contributed by atoms with Crippen molar-refractivity contribution < 1.29 is 18.3 Å². The number of aliphatic imine (C=N–C) groups is 1. The number of esters is 1. The Kier molecular flexibility index (Phi) is 5.19. The number of alkyl halides is 2. The molecule has 0 bridgehead atoms. The molecule has 0 aliphatic heterocycles. The van der Waals surface area contributed by atoms with Crippen molar-refractivity contribution in [3.05, 3.63) is 31.3 Å². The van der Waals surface area contributed by atoms with Crippen molar-refractivity contribution in [1.29, 1.82) is 0 Å². The first-order valence-electron chi connectivity index (χ1n) is 10.3. The molecular formula is C21H25F2N3O4S. The molecule has 2 heterocycles.